The van der Waals surface area contributed by atoms with Crippen molar-refractivity contribution >= 4 is 5.97 Å². The molecule has 17 heavy (non-hydrogen) atoms. The number of ether oxygens (including phenoxy) is 2. The van der Waals surface area contributed by atoms with Crippen LogP contribution in [0.3, 0.4) is 0 Å². The molecule has 1 aliphatic heterocycles. The minimum atomic E-state index is -0.0636. The highest BCUT2D eigenvalue weighted by atomic mass is 16.6. The largest absolute Gasteiger partial charge is 0.466 e. The van der Waals surface area contributed by atoms with E-state index in [1.54, 1.807) is 0 Å². The Balaban J connectivity index is 1.98. The fraction of sp³-hybridized carbons (Fsp3) is 0.929. The summed E-state index contributed by atoms with van der Waals surface area (Å²) in [4.78, 5) is 11.1. The van der Waals surface area contributed by atoms with Crippen LogP contribution in [0.4, 0.5) is 0 Å². The zero-order chi connectivity index (χ0) is 12.9. The highest BCUT2D eigenvalue weighted by Crippen LogP contribution is 2.39. The van der Waals surface area contributed by atoms with Crippen LogP contribution in [-0.4, -0.2) is 24.3 Å². The van der Waals surface area contributed by atoms with E-state index in [9.17, 15) is 4.79 Å². The van der Waals surface area contributed by atoms with Crippen molar-refractivity contribution in [1.82, 2.24) is 0 Å². The fourth-order valence-electron chi connectivity index (χ4n) is 2.15. The Labute approximate surface area is 105 Å². The van der Waals surface area contributed by atoms with Crippen LogP contribution in [0.15, 0.2) is 0 Å². The average Bonchev–Trinajstić information content (AvgIpc) is 2.84. The van der Waals surface area contributed by atoms with E-state index in [0.29, 0.717) is 25.0 Å². The first-order valence-corrected chi connectivity index (χ1v) is 6.79. The van der Waals surface area contributed by atoms with Crippen LogP contribution in [0.1, 0.15) is 59.8 Å². The summed E-state index contributed by atoms with van der Waals surface area (Å²) in [6.07, 6.45) is 5.39. The van der Waals surface area contributed by atoms with E-state index in [0.717, 1.165) is 19.3 Å². The molecule has 0 aliphatic carbocycles. The standard InChI is InChI=1S/C14H26O3/c1-5-16-13(15)8-6-7-11(2)9-10-12-14(3,4)17-12/h11-12H,5-10H2,1-4H3/t11-,12?/m1/s1. The van der Waals surface area contributed by atoms with E-state index < -0.39 is 0 Å². The second-order valence-corrected chi connectivity index (χ2v) is 5.59. The normalized spacial score (nSPS) is 23.2. The predicted molar refractivity (Wildman–Crippen MR) is 67.8 cm³/mol. The first-order valence-electron chi connectivity index (χ1n) is 6.79. The van der Waals surface area contributed by atoms with Crippen molar-refractivity contribution < 1.29 is 14.3 Å². The van der Waals surface area contributed by atoms with Gasteiger partial charge in [0.15, 0.2) is 0 Å². The maximum Gasteiger partial charge on any atom is 0.305 e. The molecule has 1 unspecified atom stereocenters. The molecule has 1 rings (SSSR count). The summed E-state index contributed by atoms with van der Waals surface area (Å²) >= 11 is 0. The second kappa shape index (κ2) is 6.39. The molecule has 0 aromatic heterocycles. The van der Waals surface area contributed by atoms with Crippen LogP contribution in [0.25, 0.3) is 0 Å². The number of esters is 1. The molecule has 0 radical (unpaired) electrons. The van der Waals surface area contributed by atoms with Crippen molar-refractivity contribution in [1.29, 1.82) is 0 Å². The predicted octanol–water partition coefficient (Wildman–Crippen LogP) is 3.31. The summed E-state index contributed by atoms with van der Waals surface area (Å²) in [5.74, 6) is 0.607. The summed E-state index contributed by atoms with van der Waals surface area (Å²) in [6.45, 7) is 8.87. The first-order chi connectivity index (χ1) is 7.95. The van der Waals surface area contributed by atoms with Gasteiger partial charge in [-0.3, -0.25) is 4.79 Å². The summed E-state index contributed by atoms with van der Waals surface area (Å²) in [5, 5.41) is 0. The van der Waals surface area contributed by atoms with Gasteiger partial charge >= 0.3 is 5.97 Å². The first kappa shape index (κ1) is 14.5. The summed E-state index contributed by atoms with van der Waals surface area (Å²) in [6, 6.07) is 0. The molecule has 1 aliphatic rings. The maximum absolute atomic E-state index is 11.1. The zero-order valence-electron chi connectivity index (χ0n) is 11.6. The molecule has 2 atom stereocenters. The van der Waals surface area contributed by atoms with Gasteiger partial charge in [-0.2, -0.15) is 0 Å². The second-order valence-electron chi connectivity index (χ2n) is 5.59. The lowest BCUT2D eigenvalue weighted by Gasteiger charge is -2.10. The molecular formula is C14H26O3. The van der Waals surface area contributed by atoms with Gasteiger partial charge in [0.25, 0.3) is 0 Å². The lowest BCUT2D eigenvalue weighted by molar-refractivity contribution is -0.143. The highest BCUT2D eigenvalue weighted by molar-refractivity contribution is 5.69. The van der Waals surface area contributed by atoms with E-state index >= 15 is 0 Å². The Morgan fingerprint density at radius 1 is 1.41 bits per heavy atom. The molecule has 0 amide bonds. The van der Waals surface area contributed by atoms with Crippen LogP contribution >= 0.6 is 0 Å². The minimum Gasteiger partial charge on any atom is -0.466 e. The van der Waals surface area contributed by atoms with E-state index in [1.807, 2.05) is 6.92 Å². The molecule has 0 aromatic carbocycles. The van der Waals surface area contributed by atoms with Crippen molar-refractivity contribution in [2.45, 2.75) is 71.5 Å². The minimum absolute atomic E-state index is 0.0636. The van der Waals surface area contributed by atoms with Crippen LogP contribution in [-0.2, 0) is 14.3 Å². The summed E-state index contributed by atoms with van der Waals surface area (Å²) in [7, 11) is 0. The monoisotopic (exact) mass is 242 g/mol. The van der Waals surface area contributed by atoms with E-state index in [-0.39, 0.29) is 11.6 Å². The smallest absolute Gasteiger partial charge is 0.305 e. The number of carbonyl (C=O) groups is 1. The van der Waals surface area contributed by atoms with Gasteiger partial charge < -0.3 is 9.47 Å². The van der Waals surface area contributed by atoms with E-state index in [2.05, 4.69) is 20.8 Å². The van der Waals surface area contributed by atoms with Gasteiger partial charge in [0, 0.05) is 6.42 Å². The van der Waals surface area contributed by atoms with Crippen LogP contribution < -0.4 is 0 Å². The molecule has 0 spiro atoms. The van der Waals surface area contributed by atoms with Crippen molar-refractivity contribution in [3.63, 3.8) is 0 Å². The van der Waals surface area contributed by atoms with E-state index in [1.165, 1.54) is 6.42 Å². The lowest BCUT2D eigenvalue weighted by Crippen LogP contribution is -2.07. The molecule has 1 heterocycles. The number of hydrogen-bond donors (Lipinski definition) is 0. The van der Waals surface area contributed by atoms with Gasteiger partial charge in [0.05, 0.1) is 18.3 Å². The SMILES string of the molecule is CCOC(=O)CCC[C@@H](C)CCC1OC1(C)C. The molecule has 1 fully saturated rings. The molecule has 3 heteroatoms. The molecule has 0 saturated carbocycles. The molecule has 3 nitrogen and oxygen atoms in total. The van der Waals surface area contributed by atoms with Gasteiger partial charge in [0.1, 0.15) is 0 Å². The van der Waals surface area contributed by atoms with E-state index in [4.69, 9.17) is 9.47 Å². The lowest BCUT2D eigenvalue weighted by atomic mass is 9.95. The van der Waals surface area contributed by atoms with Crippen molar-refractivity contribution in [2.75, 3.05) is 6.61 Å². The molecule has 100 valence electrons. The Morgan fingerprint density at radius 3 is 2.59 bits per heavy atom. The summed E-state index contributed by atoms with van der Waals surface area (Å²) in [5.41, 5.74) is 0.116. The van der Waals surface area contributed by atoms with Gasteiger partial charge in [-0.1, -0.05) is 13.3 Å². The quantitative estimate of drug-likeness (QED) is 0.484. The third kappa shape index (κ3) is 5.53. The number of carbonyl (C=O) groups excluding carboxylic acids is 1. The van der Waals surface area contributed by atoms with Crippen molar-refractivity contribution in [3.05, 3.63) is 0 Å². The maximum atomic E-state index is 11.1. The van der Waals surface area contributed by atoms with Gasteiger partial charge in [0.2, 0.25) is 0 Å². The fourth-order valence-corrected chi connectivity index (χ4v) is 2.15. The molecule has 0 N–H and O–H groups in total. The topological polar surface area (TPSA) is 38.8 Å². The Hall–Kier alpha value is -0.570. The van der Waals surface area contributed by atoms with Crippen molar-refractivity contribution in [3.8, 4) is 0 Å². The number of rotatable bonds is 8. The highest BCUT2D eigenvalue weighted by Gasteiger charge is 2.46. The zero-order valence-corrected chi connectivity index (χ0v) is 11.6. The molecular weight excluding hydrogens is 216 g/mol. The Bertz CT molecular complexity index is 248. The number of hydrogen-bond acceptors (Lipinski definition) is 3. The molecule has 0 aromatic rings. The number of epoxide rings is 1. The average molecular weight is 242 g/mol. The molecule has 0 bridgehead atoms. The Morgan fingerprint density at radius 2 is 2.06 bits per heavy atom. The van der Waals surface area contributed by atoms with Gasteiger partial charge in [-0.25, -0.2) is 0 Å². The third-order valence-corrected chi connectivity index (χ3v) is 3.47. The third-order valence-electron chi connectivity index (χ3n) is 3.47. The van der Waals surface area contributed by atoms with Crippen molar-refractivity contribution in [2.24, 2.45) is 5.92 Å². The van der Waals surface area contributed by atoms with Crippen LogP contribution in [0, 0.1) is 5.92 Å². The van der Waals surface area contributed by atoms with Gasteiger partial charge in [-0.05, 0) is 46.0 Å². The molecule has 1 saturated heterocycles. The summed E-state index contributed by atoms with van der Waals surface area (Å²) < 4.78 is 10.5. The van der Waals surface area contributed by atoms with Gasteiger partial charge in [-0.15, -0.1) is 0 Å². The van der Waals surface area contributed by atoms with Crippen LogP contribution in [0.2, 0.25) is 0 Å². The van der Waals surface area contributed by atoms with Crippen LogP contribution in [0.5, 0.6) is 0 Å². The Kier molecular flexibility index (Phi) is 5.44.